The predicted octanol–water partition coefficient (Wildman–Crippen LogP) is 3.62. The van der Waals surface area contributed by atoms with Crippen LogP contribution in [0, 0.1) is 12.8 Å². The van der Waals surface area contributed by atoms with Gasteiger partial charge in [0.15, 0.2) is 0 Å². The quantitative estimate of drug-likeness (QED) is 0.733. The molecule has 0 radical (unpaired) electrons. The normalized spacial score (nSPS) is 14.8. The van der Waals surface area contributed by atoms with Crippen LogP contribution in [-0.4, -0.2) is 37.1 Å². The highest BCUT2D eigenvalue weighted by molar-refractivity contribution is 5.95. The van der Waals surface area contributed by atoms with Gasteiger partial charge in [-0.25, -0.2) is 4.79 Å². The lowest BCUT2D eigenvalue weighted by Crippen LogP contribution is -2.39. The summed E-state index contributed by atoms with van der Waals surface area (Å²) in [6, 6.07) is 11.9. The first-order valence-corrected chi connectivity index (χ1v) is 10.1. The van der Waals surface area contributed by atoms with Crippen molar-refractivity contribution in [1.82, 2.24) is 4.90 Å². The number of rotatable bonds is 7. The molecule has 2 aromatic rings. The minimum Gasteiger partial charge on any atom is -0.427 e. The summed E-state index contributed by atoms with van der Waals surface area (Å²) < 4.78 is 10.9. The summed E-state index contributed by atoms with van der Waals surface area (Å²) in [6.07, 6.45) is 3.33. The van der Waals surface area contributed by atoms with Gasteiger partial charge in [-0.3, -0.25) is 4.79 Å². The summed E-state index contributed by atoms with van der Waals surface area (Å²) >= 11 is 0. The van der Waals surface area contributed by atoms with Crippen molar-refractivity contribution in [3.63, 3.8) is 0 Å². The second kappa shape index (κ2) is 9.69. The zero-order valence-electron chi connectivity index (χ0n) is 16.8. The molecule has 1 aromatic heterocycles. The van der Waals surface area contributed by atoms with Gasteiger partial charge in [-0.15, -0.1) is 0 Å². The molecule has 0 bridgehead atoms. The van der Waals surface area contributed by atoms with E-state index in [9.17, 15) is 9.59 Å². The summed E-state index contributed by atoms with van der Waals surface area (Å²) in [6.45, 7) is 6.49. The van der Waals surface area contributed by atoms with E-state index in [4.69, 9.17) is 9.15 Å². The Hall–Kier alpha value is -2.40. The minimum atomic E-state index is -0.529. The highest BCUT2D eigenvalue weighted by Crippen LogP contribution is 2.18. The summed E-state index contributed by atoms with van der Waals surface area (Å²) in [4.78, 5) is 27.4. The van der Waals surface area contributed by atoms with E-state index in [1.807, 2.05) is 38.1 Å². The zero-order chi connectivity index (χ0) is 19.9. The standard InChI is InChI=1S/C23H29NO4/c1-3-24(16-19-11-13-27-14-12-19)22(25)21-17(2)15-20(28-23(21)26)10-9-18-7-5-4-6-8-18/h4-8,15,19H,3,9-14,16H2,1-2H3. The predicted molar refractivity (Wildman–Crippen MR) is 109 cm³/mol. The molecule has 1 amide bonds. The fraction of sp³-hybridized carbons (Fsp3) is 0.478. The first-order valence-electron chi connectivity index (χ1n) is 10.1. The lowest BCUT2D eigenvalue weighted by atomic mass is 9.99. The number of benzene rings is 1. The van der Waals surface area contributed by atoms with Crippen LogP contribution in [0.5, 0.6) is 0 Å². The second-order valence-corrected chi connectivity index (χ2v) is 7.44. The molecule has 1 aliphatic rings. The highest BCUT2D eigenvalue weighted by atomic mass is 16.5. The van der Waals surface area contributed by atoms with Crippen LogP contribution in [0.2, 0.25) is 0 Å². The Morgan fingerprint density at radius 2 is 1.86 bits per heavy atom. The molecule has 150 valence electrons. The van der Waals surface area contributed by atoms with Crippen LogP contribution in [0.25, 0.3) is 0 Å². The summed E-state index contributed by atoms with van der Waals surface area (Å²) in [5.74, 6) is 0.820. The van der Waals surface area contributed by atoms with Crippen molar-refractivity contribution in [2.45, 2.75) is 39.5 Å². The number of hydrogen-bond acceptors (Lipinski definition) is 4. The Bertz CT molecular complexity index is 837. The molecule has 1 saturated heterocycles. The van der Waals surface area contributed by atoms with Gasteiger partial charge in [0, 0.05) is 32.7 Å². The van der Waals surface area contributed by atoms with E-state index in [2.05, 4.69) is 12.1 Å². The SMILES string of the molecule is CCN(CC1CCOCC1)C(=O)c1c(C)cc(CCc2ccccc2)oc1=O. The summed E-state index contributed by atoms with van der Waals surface area (Å²) in [5.41, 5.74) is 1.52. The number of hydrogen-bond donors (Lipinski definition) is 0. The molecule has 2 heterocycles. The molecule has 0 N–H and O–H groups in total. The molecule has 1 aromatic carbocycles. The van der Waals surface area contributed by atoms with Crippen molar-refractivity contribution in [1.29, 1.82) is 0 Å². The molecule has 1 fully saturated rings. The molecule has 1 aliphatic heterocycles. The second-order valence-electron chi connectivity index (χ2n) is 7.44. The van der Waals surface area contributed by atoms with Gasteiger partial charge in [0.25, 0.3) is 5.91 Å². The minimum absolute atomic E-state index is 0.164. The third-order valence-corrected chi connectivity index (χ3v) is 5.40. The first kappa shape index (κ1) is 20.3. The molecule has 0 aliphatic carbocycles. The van der Waals surface area contributed by atoms with Gasteiger partial charge in [-0.2, -0.15) is 0 Å². The van der Waals surface area contributed by atoms with Crippen LogP contribution in [0.1, 0.15) is 47.0 Å². The number of ether oxygens (including phenoxy) is 1. The van der Waals surface area contributed by atoms with E-state index in [-0.39, 0.29) is 11.5 Å². The molecule has 28 heavy (non-hydrogen) atoms. The van der Waals surface area contributed by atoms with Crippen molar-refractivity contribution in [3.8, 4) is 0 Å². The van der Waals surface area contributed by atoms with Crippen LogP contribution < -0.4 is 5.63 Å². The number of aryl methyl sites for hydroxylation is 3. The summed E-state index contributed by atoms with van der Waals surface area (Å²) in [5, 5.41) is 0. The topological polar surface area (TPSA) is 59.8 Å². The largest absolute Gasteiger partial charge is 0.427 e. The van der Waals surface area contributed by atoms with Gasteiger partial charge < -0.3 is 14.1 Å². The lowest BCUT2D eigenvalue weighted by Gasteiger charge is -2.29. The van der Waals surface area contributed by atoms with Crippen LogP contribution >= 0.6 is 0 Å². The fourth-order valence-corrected chi connectivity index (χ4v) is 3.72. The molecular weight excluding hydrogens is 354 g/mol. The van der Waals surface area contributed by atoms with Crippen molar-refractivity contribution < 1.29 is 13.9 Å². The average Bonchev–Trinajstić information content (AvgIpc) is 2.71. The van der Waals surface area contributed by atoms with E-state index >= 15 is 0 Å². The highest BCUT2D eigenvalue weighted by Gasteiger charge is 2.25. The first-order chi connectivity index (χ1) is 13.6. The van der Waals surface area contributed by atoms with E-state index in [1.165, 1.54) is 5.56 Å². The van der Waals surface area contributed by atoms with E-state index in [1.54, 1.807) is 4.90 Å². The third kappa shape index (κ3) is 5.10. The molecule has 0 unspecified atom stereocenters. The Morgan fingerprint density at radius 1 is 1.14 bits per heavy atom. The number of amides is 1. The van der Waals surface area contributed by atoms with Crippen molar-refractivity contribution >= 4 is 5.91 Å². The Morgan fingerprint density at radius 3 is 2.50 bits per heavy atom. The molecule has 5 nitrogen and oxygen atoms in total. The summed E-state index contributed by atoms with van der Waals surface area (Å²) in [7, 11) is 0. The van der Waals surface area contributed by atoms with E-state index < -0.39 is 5.63 Å². The van der Waals surface area contributed by atoms with Crippen LogP contribution in [0.4, 0.5) is 0 Å². The average molecular weight is 383 g/mol. The maximum Gasteiger partial charge on any atom is 0.349 e. The van der Waals surface area contributed by atoms with Gasteiger partial charge in [-0.1, -0.05) is 30.3 Å². The van der Waals surface area contributed by atoms with Gasteiger partial charge in [-0.05, 0) is 56.2 Å². The molecule has 3 rings (SSSR count). The Balaban J connectivity index is 1.71. The van der Waals surface area contributed by atoms with Crippen molar-refractivity contribution in [2.24, 2.45) is 5.92 Å². The smallest absolute Gasteiger partial charge is 0.349 e. The monoisotopic (exact) mass is 383 g/mol. The van der Waals surface area contributed by atoms with Crippen molar-refractivity contribution in [2.75, 3.05) is 26.3 Å². The van der Waals surface area contributed by atoms with Crippen molar-refractivity contribution in [3.05, 3.63) is 69.3 Å². The van der Waals surface area contributed by atoms with Crippen LogP contribution in [0.3, 0.4) is 0 Å². The molecule has 0 saturated carbocycles. The Labute approximate surface area is 166 Å². The molecular formula is C23H29NO4. The van der Waals surface area contributed by atoms with Gasteiger partial charge >= 0.3 is 5.63 Å². The van der Waals surface area contributed by atoms with Crippen LogP contribution in [0.15, 0.2) is 45.6 Å². The maximum atomic E-state index is 13.0. The van der Waals surface area contributed by atoms with Gasteiger partial charge in [0.1, 0.15) is 11.3 Å². The van der Waals surface area contributed by atoms with Gasteiger partial charge in [0.2, 0.25) is 0 Å². The molecule has 0 atom stereocenters. The molecule has 0 spiro atoms. The van der Waals surface area contributed by atoms with Crippen LogP contribution in [-0.2, 0) is 17.6 Å². The maximum absolute atomic E-state index is 13.0. The third-order valence-electron chi connectivity index (χ3n) is 5.40. The van der Waals surface area contributed by atoms with E-state index in [0.29, 0.717) is 36.8 Å². The number of carbonyl (C=O) groups excluding carboxylic acids is 1. The number of carbonyl (C=O) groups is 1. The number of nitrogens with zero attached hydrogens (tertiary/aromatic N) is 1. The van der Waals surface area contributed by atoms with E-state index in [0.717, 1.165) is 32.5 Å². The lowest BCUT2D eigenvalue weighted by molar-refractivity contribution is 0.0464. The zero-order valence-corrected chi connectivity index (χ0v) is 16.8. The Kier molecular flexibility index (Phi) is 7.04. The molecule has 5 heteroatoms. The fourth-order valence-electron chi connectivity index (χ4n) is 3.72. The van der Waals surface area contributed by atoms with Gasteiger partial charge in [0.05, 0.1) is 0 Å².